The van der Waals surface area contributed by atoms with Crippen molar-refractivity contribution in [2.45, 2.75) is 46.0 Å². The lowest BCUT2D eigenvalue weighted by atomic mass is 10.0. The summed E-state index contributed by atoms with van der Waals surface area (Å²) in [6, 6.07) is 6.71. The summed E-state index contributed by atoms with van der Waals surface area (Å²) in [5.74, 6) is -0.107. The summed E-state index contributed by atoms with van der Waals surface area (Å²) in [7, 11) is 0. The molecule has 1 aliphatic carbocycles. The van der Waals surface area contributed by atoms with E-state index in [9.17, 15) is 4.79 Å². The fraction of sp³-hybridized carbons (Fsp3) is 0.471. The number of carbonyl (C=O) groups excluding carboxylic acids is 1. The van der Waals surface area contributed by atoms with Crippen LogP contribution in [-0.4, -0.2) is 12.6 Å². The van der Waals surface area contributed by atoms with Crippen LogP contribution in [-0.2, 0) is 22.4 Å². The van der Waals surface area contributed by atoms with Crippen molar-refractivity contribution in [1.82, 2.24) is 0 Å². The third-order valence-electron chi connectivity index (χ3n) is 3.56. The number of hydrogen-bond donors (Lipinski definition) is 0. The van der Waals surface area contributed by atoms with E-state index < -0.39 is 0 Å². The second-order valence-electron chi connectivity index (χ2n) is 5.18. The van der Waals surface area contributed by atoms with Crippen molar-refractivity contribution in [2.75, 3.05) is 6.61 Å². The topological polar surface area (TPSA) is 26.3 Å². The highest BCUT2D eigenvalue weighted by Gasteiger charge is 2.10. The number of allylic oxidation sites excluding steroid dienone is 1. The van der Waals surface area contributed by atoms with Crippen molar-refractivity contribution in [3.05, 3.63) is 40.5 Å². The number of esters is 1. The molecule has 0 radical (unpaired) electrons. The van der Waals surface area contributed by atoms with Gasteiger partial charge < -0.3 is 4.74 Å². The van der Waals surface area contributed by atoms with E-state index in [1.807, 2.05) is 6.92 Å². The number of aryl methyl sites for hydroxylation is 2. The van der Waals surface area contributed by atoms with Gasteiger partial charge in [0.25, 0.3) is 0 Å². The summed E-state index contributed by atoms with van der Waals surface area (Å²) in [5.41, 5.74) is 5.47. The zero-order valence-electron chi connectivity index (χ0n) is 11.9. The molecule has 1 aromatic carbocycles. The zero-order valence-corrected chi connectivity index (χ0v) is 11.9. The Hall–Kier alpha value is -1.57. The van der Waals surface area contributed by atoms with E-state index in [1.165, 1.54) is 41.5 Å². The van der Waals surface area contributed by atoms with Gasteiger partial charge in [-0.3, -0.25) is 4.79 Å². The van der Waals surface area contributed by atoms with Crippen LogP contribution in [0.2, 0.25) is 0 Å². The van der Waals surface area contributed by atoms with Gasteiger partial charge in [-0.2, -0.15) is 0 Å². The molecule has 0 unspecified atom stereocenters. The summed E-state index contributed by atoms with van der Waals surface area (Å²) in [6.45, 7) is 4.38. The maximum absolute atomic E-state index is 11.3. The highest BCUT2D eigenvalue weighted by atomic mass is 16.5. The van der Waals surface area contributed by atoms with Crippen molar-refractivity contribution in [3.8, 4) is 0 Å². The molecule has 0 fully saturated rings. The molecule has 0 bridgehead atoms. The fourth-order valence-corrected chi connectivity index (χ4v) is 2.57. The lowest BCUT2D eigenvalue weighted by Crippen LogP contribution is -2.03. The molecule has 2 rings (SSSR count). The minimum atomic E-state index is -0.107. The zero-order chi connectivity index (χ0) is 13.7. The second kappa shape index (κ2) is 6.55. The molecule has 0 aromatic heterocycles. The predicted molar refractivity (Wildman–Crippen MR) is 78.0 cm³/mol. The van der Waals surface area contributed by atoms with Crippen molar-refractivity contribution >= 4 is 12.0 Å². The molecule has 0 spiro atoms. The Morgan fingerprint density at radius 3 is 2.84 bits per heavy atom. The molecule has 0 atom stereocenters. The first-order chi connectivity index (χ1) is 9.19. The lowest BCUT2D eigenvalue weighted by Gasteiger charge is -2.04. The van der Waals surface area contributed by atoms with E-state index in [0.717, 1.165) is 6.42 Å². The van der Waals surface area contributed by atoms with Gasteiger partial charge in [-0.15, -0.1) is 0 Å². The largest absolute Gasteiger partial charge is 0.466 e. The number of benzene rings is 1. The SMILES string of the molecule is CCOC(=O)CC/C(C)=C/c1ccc2c(c1)CCC2. The smallest absolute Gasteiger partial charge is 0.306 e. The van der Waals surface area contributed by atoms with Crippen LogP contribution in [0.4, 0.5) is 0 Å². The van der Waals surface area contributed by atoms with Crippen molar-refractivity contribution < 1.29 is 9.53 Å². The summed E-state index contributed by atoms with van der Waals surface area (Å²) in [5, 5.41) is 0. The van der Waals surface area contributed by atoms with Gasteiger partial charge >= 0.3 is 5.97 Å². The van der Waals surface area contributed by atoms with Crippen LogP contribution >= 0.6 is 0 Å². The Morgan fingerprint density at radius 1 is 1.26 bits per heavy atom. The van der Waals surface area contributed by atoms with Gasteiger partial charge in [0.1, 0.15) is 0 Å². The van der Waals surface area contributed by atoms with E-state index in [2.05, 4.69) is 31.2 Å². The average molecular weight is 258 g/mol. The maximum Gasteiger partial charge on any atom is 0.306 e. The third kappa shape index (κ3) is 3.95. The highest BCUT2D eigenvalue weighted by molar-refractivity contribution is 5.70. The number of carbonyl (C=O) groups is 1. The van der Waals surface area contributed by atoms with Crippen molar-refractivity contribution in [1.29, 1.82) is 0 Å². The van der Waals surface area contributed by atoms with Gasteiger partial charge in [-0.25, -0.2) is 0 Å². The summed E-state index contributed by atoms with van der Waals surface area (Å²) in [6.07, 6.45) is 7.14. The molecule has 0 aliphatic heterocycles. The van der Waals surface area contributed by atoms with Gasteiger partial charge in [0.05, 0.1) is 6.61 Å². The van der Waals surface area contributed by atoms with E-state index in [1.54, 1.807) is 0 Å². The van der Waals surface area contributed by atoms with E-state index >= 15 is 0 Å². The maximum atomic E-state index is 11.3. The fourth-order valence-electron chi connectivity index (χ4n) is 2.57. The minimum absolute atomic E-state index is 0.107. The molecule has 1 aromatic rings. The molecular formula is C17H22O2. The standard InChI is InChI=1S/C17H22O2/c1-3-19-17(18)10-7-13(2)11-14-8-9-15-5-4-6-16(15)12-14/h8-9,11-12H,3-7,10H2,1-2H3/b13-11+. The van der Waals surface area contributed by atoms with Crippen LogP contribution in [0, 0.1) is 0 Å². The first-order valence-corrected chi connectivity index (χ1v) is 7.13. The normalized spacial score (nSPS) is 14.3. The van der Waals surface area contributed by atoms with Crippen LogP contribution in [0.15, 0.2) is 23.8 Å². The summed E-state index contributed by atoms with van der Waals surface area (Å²) in [4.78, 5) is 11.3. The molecule has 19 heavy (non-hydrogen) atoms. The first kappa shape index (κ1) is 13.9. The molecule has 102 valence electrons. The predicted octanol–water partition coefficient (Wildman–Crippen LogP) is 3.92. The quantitative estimate of drug-likeness (QED) is 0.748. The first-order valence-electron chi connectivity index (χ1n) is 7.13. The number of rotatable bonds is 5. The Morgan fingerprint density at radius 2 is 2.05 bits per heavy atom. The molecule has 1 aliphatic rings. The van der Waals surface area contributed by atoms with Gasteiger partial charge in [0.2, 0.25) is 0 Å². The molecular weight excluding hydrogens is 236 g/mol. The number of ether oxygens (including phenoxy) is 1. The molecule has 0 heterocycles. The van der Waals surface area contributed by atoms with Crippen LogP contribution in [0.1, 0.15) is 49.8 Å². The number of fused-ring (bicyclic) bond motifs is 1. The van der Waals surface area contributed by atoms with Crippen LogP contribution in [0.25, 0.3) is 6.08 Å². The Bertz CT molecular complexity index is 486. The number of hydrogen-bond acceptors (Lipinski definition) is 2. The Kier molecular flexibility index (Phi) is 4.78. The van der Waals surface area contributed by atoms with E-state index in [-0.39, 0.29) is 5.97 Å². The average Bonchev–Trinajstić information content (AvgIpc) is 2.84. The monoisotopic (exact) mass is 258 g/mol. The molecule has 2 heteroatoms. The van der Waals surface area contributed by atoms with Gasteiger partial charge in [-0.1, -0.05) is 29.8 Å². The Balaban J connectivity index is 1.95. The van der Waals surface area contributed by atoms with Crippen molar-refractivity contribution in [3.63, 3.8) is 0 Å². The lowest BCUT2D eigenvalue weighted by molar-refractivity contribution is -0.143. The van der Waals surface area contributed by atoms with E-state index in [0.29, 0.717) is 13.0 Å². The highest BCUT2D eigenvalue weighted by Crippen LogP contribution is 2.24. The Labute approximate surface area is 115 Å². The molecule has 0 N–H and O–H groups in total. The summed E-state index contributed by atoms with van der Waals surface area (Å²) >= 11 is 0. The second-order valence-corrected chi connectivity index (χ2v) is 5.18. The van der Waals surface area contributed by atoms with Crippen LogP contribution < -0.4 is 0 Å². The van der Waals surface area contributed by atoms with Crippen molar-refractivity contribution in [2.24, 2.45) is 0 Å². The molecule has 0 saturated carbocycles. The van der Waals surface area contributed by atoms with E-state index in [4.69, 9.17) is 4.74 Å². The van der Waals surface area contributed by atoms with Crippen LogP contribution in [0.5, 0.6) is 0 Å². The third-order valence-corrected chi connectivity index (χ3v) is 3.56. The molecule has 0 amide bonds. The molecule has 2 nitrogen and oxygen atoms in total. The van der Waals surface area contributed by atoms with Gasteiger partial charge in [0, 0.05) is 6.42 Å². The van der Waals surface area contributed by atoms with Crippen LogP contribution in [0.3, 0.4) is 0 Å². The van der Waals surface area contributed by atoms with Gasteiger partial charge in [0.15, 0.2) is 0 Å². The van der Waals surface area contributed by atoms with Gasteiger partial charge in [-0.05, 0) is 56.2 Å². The molecule has 0 saturated heterocycles. The summed E-state index contributed by atoms with van der Waals surface area (Å²) < 4.78 is 4.94. The minimum Gasteiger partial charge on any atom is -0.466 e.